The molecule has 4 aliphatic heterocycles. The number of hydrogen-bond acceptors (Lipinski definition) is 6. The lowest BCUT2D eigenvalue weighted by molar-refractivity contribution is -0.128. The van der Waals surface area contributed by atoms with E-state index in [4.69, 9.17) is 15.2 Å². The Morgan fingerprint density at radius 3 is 2.67 bits per heavy atom. The molecule has 2 aromatic rings. The SMILES string of the molecule is CC.CCOc1ccc2cc1CN1C(=O)CC(CCCCCc3ccc4c(c3)C(CC(C)(C)O4)NC2=O)N=C1N. The van der Waals surface area contributed by atoms with Gasteiger partial charge in [0, 0.05) is 29.5 Å². The van der Waals surface area contributed by atoms with Gasteiger partial charge in [-0.2, -0.15) is 0 Å². The van der Waals surface area contributed by atoms with E-state index < -0.39 is 5.60 Å². The maximum Gasteiger partial charge on any atom is 0.251 e. The largest absolute Gasteiger partial charge is 0.494 e. The Kier molecular flexibility index (Phi) is 9.38. The van der Waals surface area contributed by atoms with Crippen LogP contribution in [0.1, 0.15) is 106 Å². The number of nitrogens with zero attached hydrogens (tertiary/aromatic N) is 2. The Balaban J connectivity index is 0.00000181. The first kappa shape index (κ1) is 29.4. The number of ether oxygens (including phenoxy) is 2. The second-order valence-corrected chi connectivity index (χ2v) is 11.1. The summed E-state index contributed by atoms with van der Waals surface area (Å²) in [4.78, 5) is 32.8. The van der Waals surface area contributed by atoms with Crippen molar-refractivity contribution >= 4 is 17.8 Å². The summed E-state index contributed by atoms with van der Waals surface area (Å²) < 4.78 is 12.1. The second-order valence-electron chi connectivity index (χ2n) is 11.1. The molecular formula is C32H44N4O4. The molecule has 216 valence electrons. The Labute approximate surface area is 238 Å². The van der Waals surface area contributed by atoms with Crippen LogP contribution in [0.4, 0.5) is 0 Å². The number of nitrogens with two attached hydrogens (primary N) is 1. The molecule has 6 rings (SSSR count). The lowest BCUT2D eigenvalue weighted by Crippen LogP contribution is -2.46. The van der Waals surface area contributed by atoms with Crippen molar-refractivity contribution in [1.29, 1.82) is 0 Å². The molecule has 2 aromatic carbocycles. The zero-order valence-electron chi connectivity index (χ0n) is 24.6. The van der Waals surface area contributed by atoms with E-state index >= 15 is 0 Å². The number of guanidine groups is 1. The molecule has 2 amide bonds. The van der Waals surface area contributed by atoms with E-state index in [1.807, 2.05) is 40.7 Å². The topological polar surface area (TPSA) is 106 Å². The molecule has 4 heterocycles. The van der Waals surface area contributed by atoms with Crippen molar-refractivity contribution < 1.29 is 19.1 Å². The van der Waals surface area contributed by atoms with Crippen LogP contribution in [-0.4, -0.2) is 40.9 Å². The minimum absolute atomic E-state index is 0.0503. The molecule has 2 atom stereocenters. The van der Waals surface area contributed by atoms with Gasteiger partial charge in [-0.05, 0) is 69.9 Å². The van der Waals surface area contributed by atoms with Crippen LogP contribution in [0, 0.1) is 0 Å². The average molecular weight is 549 g/mol. The number of aliphatic imine (C=N–C) groups is 1. The Hall–Kier alpha value is -3.55. The second kappa shape index (κ2) is 12.7. The summed E-state index contributed by atoms with van der Waals surface area (Å²) >= 11 is 0. The zero-order valence-corrected chi connectivity index (χ0v) is 24.6. The zero-order chi connectivity index (χ0) is 28.9. The standard InChI is InChI=1S/C30H38N4O4.C2H6/c1-4-37-25-13-11-20-15-21(25)18-34-27(35)16-22(32-29(34)31)9-7-5-6-8-19-10-12-26-23(14-19)24(33-28(20)36)17-30(2,3)38-26;1-2/h10-15,22,24H,4-9,16-18H2,1-3H3,(H2,31,32)(H,33,36);1-2H3. The number of hydrogen-bond donors (Lipinski definition) is 2. The summed E-state index contributed by atoms with van der Waals surface area (Å²) in [6.07, 6.45) is 5.87. The van der Waals surface area contributed by atoms with Crippen LogP contribution < -0.4 is 20.5 Å². The van der Waals surface area contributed by atoms with Crippen molar-refractivity contribution in [3.8, 4) is 11.5 Å². The molecule has 8 heteroatoms. The van der Waals surface area contributed by atoms with Crippen LogP contribution in [0.25, 0.3) is 0 Å². The van der Waals surface area contributed by atoms with Crippen molar-refractivity contribution in [3.63, 3.8) is 0 Å². The van der Waals surface area contributed by atoms with Gasteiger partial charge in [-0.3, -0.25) is 14.5 Å². The monoisotopic (exact) mass is 548 g/mol. The third-order valence-electron chi connectivity index (χ3n) is 7.59. The average Bonchev–Trinajstić information content (AvgIpc) is 2.92. The minimum atomic E-state index is -0.408. The molecule has 0 spiro atoms. The first-order chi connectivity index (χ1) is 19.2. The van der Waals surface area contributed by atoms with E-state index in [-0.39, 0.29) is 36.4 Å². The molecule has 8 nitrogen and oxygen atoms in total. The fourth-order valence-electron chi connectivity index (χ4n) is 5.70. The number of rotatable bonds is 2. The number of benzene rings is 2. The first-order valence-electron chi connectivity index (χ1n) is 14.7. The van der Waals surface area contributed by atoms with Gasteiger partial charge >= 0.3 is 0 Å². The summed E-state index contributed by atoms with van der Waals surface area (Å²) in [7, 11) is 0. The first-order valence-corrected chi connectivity index (χ1v) is 14.7. The van der Waals surface area contributed by atoms with E-state index in [1.54, 1.807) is 18.2 Å². The van der Waals surface area contributed by atoms with Gasteiger partial charge in [0.1, 0.15) is 17.1 Å². The number of carbonyl (C=O) groups excluding carboxylic acids is 2. The van der Waals surface area contributed by atoms with E-state index in [1.165, 1.54) is 10.5 Å². The van der Waals surface area contributed by atoms with Crippen molar-refractivity contribution in [2.75, 3.05) is 6.61 Å². The molecule has 0 fully saturated rings. The molecule has 0 saturated heterocycles. The van der Waals surface area contributed by atoms with Gasteiger partial charge in [0.05, 0.1) is 25.2 Å². The summed E-state index contributed by atoms with van der Waals surface area (Å²) in [5.74, 6) is 1.45. The summed E-state index contributed by atoms with van der Waals surface area (Å²) in [5.41, 5.74) is 9.35. The van der Waals surface area contributed by atoms with Crippen LogP contribution >= 0.6 is 0 Å². The molecule has 2 unspecified atom stereocenters. The Bertz CT molecular complexity index is 1260. The minimum Gasteiger partial charge on any atom is -0.494 e. The number of aryl methyl sites for hydroxylation is 1. The molecule has 0 aromatic heterocycles. The molecule has 0 aliphatic carbocycles. The summed E-state index contributed by atoms with van der Waals surface area (Å²) in [5, 5.41) is 3.26. The van der Waals surface area contributed by atoms with Crippen molar-refractivity contribution in [3.05, 3.63) is 58.7 Å². The molecule has 4 aliphatic rings. The summed E-state index contributed by atoms with van der Waals surface area (Å²) in [6.45, 7) is 10.7. The third kappa shape index (κ3) is 6.77. The van der Waals surface area contributed by atoms with Crippen molar-refractivity contribution in [2.45, 2.75) is 104 Å². The number of nitrogens with one attached hydrogen (secondary N) is 1. The lowest BCUT2D eigenvalue weighted by Gasteiger charge is -2.38. The van der Waals surface area contributed by atoms with Crippen molar-refractivity contribution in [2.24, 2.45) is 10.7 Å². The molecule has 0 radical (unpaired) electrons. The van der Waals surface area contributed by atoms with Crippen molar-refractivity contribution in [1.82, 2.24) is 10.2 Å². The fourth-order valence-corrected chi connectivity index (χ4v) is 5.70. The predicted octanol–water partition coefficient (Wildman–Crippen LogP) is 5.68. The van der Waals surface area contributed by atoms with E-state index in [2.05, 4.69) is 22.4 Å². The van der Waals surface area contributed by atoms with Gasteiger partial charge in [-0.15, -0.1) is 0 Å². The van der Waals surface area contributed by atoms with Crippen LogP contribution in [-0.2, 0) is 17.8 Å². The predicted molar refractivity (Wildman–Crippen MR) is 158 cm³/mol. The smallest absolute Gasteiger partial charge is 0.251 e. The van der Waals surface area contributed by atoms with Gasteiger partial charge < -0.3 is 20.5 Å². The molecule has 40 heavy (non-hydrogen) atoms. The Morgan fingerprint density at radius 1 is 1.12 bits per heavy atom. The van der Waals surface area contributed by atoms with E-state index in [0.717, 1.165) is 49.0 Å². The maximum absolute atomic E-state index is 13.6. The van der Waals surface area contributed by atoms with Crippen LogP contribution in [0.3, 0.4) is 0 Å². The molecule has 6 bridgehead atoms. The number of amides is 2. The highest BCUT2D eigenvalue weighted by Crippen LogP contribution is 2.40. The van der Waals surface area contributed by atoms with Gasteiger partial charge in [-0.1, -0.05) is 38.8 Å². The number of carbonyl (C=O) groups is 2. The van der Waals surface area contributed by atoms with Gasteiger partial charge in [-0.25, -0.2) is 4.99 Å². The highest BCUT2D eigenvalue weighted by Gasteiger charge is 2.35. The fraction of sp³-hybridized carbons (Fsp3) is 0.531. The maximum atomic E-state index is 13.6. The van der Waals surface area contributed by atoms with Crippen LogP contribution in [0.2, 0.25) is 0 Å². The number of fused-ring (bicyclic) bond motifs is 6. The van der Waals surface area contributed by atoms with Gasteiger partial charge in [0.25, 0.3) is 5.91 Å². The molecule has 3 N–H and O–H groups in total. The highest BCUT2D eigenvalue weighted by molar-refractivity contribution is 5.99. The summed E-state index contributed by atoms with van der Waals surface area (Å²) in [6, 6.07) is 11.4. The van der Waals surface area contributed by atoms with Crippen LogP contribution in [0.15, 0.2) is 41.4 Å². The normalized spacial score (nSPS) is 22.3. The molecule has 0 saturated carbocycles. The lowest BCUT2D eigenvalue weighted by atomic mass is 9.88. The van der Waals surface area contributed by atoms with E-state index in [9.17, 15) is 9.59 Å². The van der Waals surface area contributed by atoms with Crippen LogP contribution in [0.5, 0.6) is 11.5 Å². The van der Waals surface area contributed by atoms with E-state index in [0.29, 0.717) is 30.8 Å². The van der Waals surface area contributed by atoms with Gasteiger partial charge in [0.15, 0.2) is 5.96 Å². The quantitative estimate of drug-likeness (QED) is 0.503. The van der Waals surface area contributed by atoms with Gasteiger partial charge in [0.2, 0.25) is 5.91 Å². The highest BCUT2D eigenvalue weighted by atomic mass is 16.5. The molecular weight excluding hydrogens is 504 g/mol. The Morgan fingerprint density at radius 2 is 1.93 bits per heavy atom. The third-order valence-corrected chi connectivity index (χ3v) is 7.59.